The Balaban J connectivity index is 1.38. The molecule has 0 N–H and O–H groups in total. The van der Waals surface area contributed by atoms with E-state index in [0.717, 1.165) is 43.3 Å². The third-order valence-electron chi connectivity index (χ3n) is 7.49. The van der Waals surface area contributed by atoms with E-state index in [9.17, 15) is 0 Å². The largest absolute Gasteiger partial charge is 0.494 e. The van der Waals surface area contributed by atoms with Crippen molar-refractivity contribution in [1.82, 2.24) is 0 Å². The van der Waals surface area contributed by atoms with Crippen molar-refractivity contribution in [3.05, 3.63) is 131 Å². The highest BCUT2D eigenvalue weighted by molar-refractivity contribution is 5.48. The maximum absolute atomic E-state index is 6.17. The Morgan fingerprint density at radius 1 is 0.730 bits per heavy atom. The molecule has 5 rings (SSSR count). The Kier molecular flexibility index (Phi) is 8.25. The van der Waals surface area contributed by atoms with Gasteiger partial charge in [-0.2, -0.15) is 0 Å². The predicted molar refractivity (Wildman–Crippen MR) is 153 cm³/mol. The van der Waals surface area contributed by atoms with Crippen LogP contribution in [-0.4, -0.2) is 6.61 Å². The minimum atomic E-state index is 0.310. The van der Waals surface area contributed by atoms with E-state index < -0.39 is 0 Å². The molecule has 0 saturated carbocycles. The standard InChI is InChI=1S/C35H38O2/c1-26(2)10-9-23-36-31-18-15-29(16-19-31)35-33(28-13-7-4-8-14-28)21-17-30-24-32(20-22-34(30)35)37-25-27-11-5-3-6-12-27/h3-8,11-16,18-20,22,24,26,33,35H,9-10,17,21,23,25H2,1-2H3. The van der Waals surface area contributed by atoms with Gasteiger partial charge >= 0.3 is 0 Å². The van der Waals surface area contributed by atoms with Crippen LogP contribution in [-0.2, 0) is 13.0 Å². The molecule has 0 saturated heterocycles. The van der Waals surface area contributed by atoms with Crippen molar-refractivity contribution in [3.63, 3.8) is 0 Å². The second-order valence-electron chi connectivity index (χ2n) is 10.6. The molecule has 1 aliphatic carbocycles. The number of hydrogen-bond donors (Lipinski definition) is 0. The topological polar surface area (TPSA) is 18.5 Å². The third-order valence-corrected chi connectivity index (χ3v) is 7.49. The summed E-state index contributed by atoms with van der Waals surface area (Å²) < 4.78 is 12.2. The highest BCUT2D eigenvalue weighted by Crippen LogP contribution is 2.47. The molecule has 0 amide bonds. The summed E-state index contributed by atoms with van der Waals surface area (Å²) in [5.41, 5.74) is 6.77. The molecule has 0 aliphatic heterocycles. The van der Waals surface area contributed by atoms with E-state index in [-0.39, 0.29) is 0 Å². The molecule has 0 bridgehead atoms. The highest BCUT2D eigenvalue weighted by atomic mass is 16.5. The van der Waals surface area contributed by atoms with Gasteiger partial charge in [-0.3, -0.25) is 0 Å². The monoisotopic (exact) mass is 490 g/mol. The van der Waals surface area contributed by atoms with Gasteiger partial charge in [-0.05, 0) is 89.6 Å². The fourth-order valence-corrected chi connectivity index (χ4v) is 5.55. The summed E-state index contributed by atoms with van der Waals surface area (Å²) in [7, 11) is 0. The van der Waals surface area contributed by atoms with E-state index in [1.165, 1.54) is 34.2 Å². The summed E-state index contributed by atoms with van der Waals surface area (Å²) in [5.74, 6) is 3.39. The van der Waals surface area contributed by atoms with Crippen LogP contribution in [0.25, 0.3) is 0 Å². The Bertz CT molecular complexity index is 1250. The molecule has 0 fully saturated rings. The molecule has 0 heterocycles. The second kappa shape index (κ2) is 12.1. The SMILES string of the molecule is CC(C)CCCOc1ccc(C2c3ccc(OCc4ccccc4)cc3CCC2c2ccccc2)cc1. The molecule has 190 valence electrons. The van der Waals surface area contributed by atoms with E-state index in [1.54, 1.807) is 0 Å². The van der Waals surface area contributed by atoms with Gasteiger partial charge in [0.2, 0.25) is 0 Å². The average molecular weight is 491 g/mol. The minimum absolute atomic E-state index is 0.310. The van der Waals surface area contributed by atoms with Crippen LogP contribution >= 0.6 is 0 Å². The zero-order chi connectivity index (χ0) is 25.5. The van der Waals surface area contributed by atoms with Gasteiger partial charge < -0.3 is 9.47 Å². The lowest BCUT2D eigenvalue weighted by Crippen LogP contribution is -2.20. The maximum Gasteiger partial charge on any atom is 0.120 e. The highest BCUT2D eigenvalue weighted by Gasteiger charge is 2.32. The molecule has 4 aromatic carbocycles. The van der Waals surface area contributed by atoms with Crippen LogP contribution in [0, 0.1) is 5.92 Å². The van der Waals surface area contributed by atoms with Crippen LogP contribution in [0.3, 0.4) is 0 Å². The molecule has 2 atom stereocenters. The smallest absolute Gasteiger partial charge is 0.120 e. The van der Waals surface area contributed by atoms with E-state index in [1.807, 2.05) is 6.07 Å². The number of rotatable bonds is 10. The molecule has 0 aromatic heterocycles. The zero-order valence-electron chi connectivity index (χ0n) is 22.1. The Hall–Kier alpha value is -3.52. The van der Waals surface area contributed by atoms with E-state index in [2.05, 4.69) is 111 Å². The molecule has 4 aromatic rings. The third kappa shape index (κ3) is 6.43. The molecule has 37 heavy (non-hydrogen) atoms. The number of hydrogen-bond acceptors (Lipinski definition) is 2. The van der Waals surface area contributed by atoms with Gasteiger partial charge in [0.1, 0.15) is 18.1 Å². The minimum Gasteiger partial charge on any atom is -0.494 e. The fraction of sp³-hybridized carbons (Fsp3) is 0.314. The van der Waals surface area contributed by atoms with E-state index in [0.29, 0.717) is 18.4 Å². The van der Waals surface area contributed by atoms with Gasteiger partial charge in [0.15, 0.2) is 0 Å². The number of aryl methyl sites for hydroxylation is 1. The number of benzene rings is 4. The van der Waals surface area contributed by atoms with Crippen molar-refractivity contribution in [2.24, 2.45) is 5.92 Å². The Morgan fingerprint density at radius 2 is 1.43 bits per heavy atom. The Labute approximate surface area is 222 Å². The first-order valence-corrected chi connectivity index (χ1v) is 13.7. The molecule has 2 heteroatoms. The maximum atomic E-state index is 6.17. The van der Waals surface area contributed by atoms with Crippen molar-refractivity contribution in [1.29, 1.82) is 0 Å². The average Bonchev–Trinajstić information content (AvgIpc) is 2.95. The number of ether oxygens (including phenoxy) is 2. The van der Waals surface area contributed by atoms with Crippen LogP contribution in [0.2, 0.25) is 0 Å². The molecular formula is C35H38O2. The Morgan fingerprint density at radius 3 is 2.16 bits per heavy atom. The molecule has 2 unspecified atom stereocenters. The first-order valence-electron chi connectivity index (χ1n) is 13.7. The summed E-state index contributed by atoms with van der Waals surface area (Å²) >= 11 is 0. The van der Waals surface area contributed by atoms with Crippen LogP contribution in [0.4, 0.5) is 0 Å². The zero-order valence-corrected chi connectivity index (χ0v) is 22.1. The summed E-state index contributed by atoms with van der Waals surface area (Å²) in [5, 5.41) is 0. The van der Waals surface area contributed by atoms with Crippen molar-refractivity contribution in [3.8, 4) is 11.5 Å². The molecule has 0 spiro atoms. The lowest BCUT2D eigenvalue weighted by atomic mass is 9.69. The summed E-state index contributed by atoms with van der Waals surface area (Å²) in [6.45, 7) is 5.90. The summed E-state index contributed by atoms with van der Waals surface area (Å²) in [6.07, 6.45) is 4.48. The van der Waals surface area contributed by atoms with Crippen molar-refractivity contribution in [2.45, 2.75) is 58.0 Å². The van der Waals surface area contributed by atoms with Gasteiger partial charge in [0.05, 0.1) is 6.61 Å². The van der Waals surface area contributed by atoms with Crippen LogP contribution in [0.1, 0.15) is 72.8 Å². The van der Waals surface area contributed by atoms with E-state index >= 15 is 0 Å². The predicted octanol–water partition coefficient (Wildman–Crippen LogP) is 8.94. The summed E-state index contributed by atoms with van der Waals surface area (Å²) in [6, 6.07) is 36.9. The first kappa shape index (κ1) is 25.1. The van der Waals surface area contributed by atoms with Crippen LogP contribution < -0.4 is 9.47 Å². The van der Waals surface area contributed by atoms with Gasteiger partial charge in [0.25, 0.3) is 0 Å². The summed E-state index contributed by atoms with van der Waals surface area (Å²) in [4.78, 5) is 0. The quantitative estimate of drug-likeness (QED) is 0.207. The fourth-order valence-electron chi connectivity index (χ4n) is 5.55. The normalized spacial score (nSPS) is 16.8. The van der Waals surface area contributed by atoms with Crippen molar-refractivity contribution in [2.75, 3.05) is 6.61 Å². The van der Waals surface area contributed by atoms with Crippen molar-refractivity contribution >= 4 is 0 Å². The molecule has 1 aliphatic rings. The van der Waals surface area contributed by atoms with Gasteiger partial charge in [-0.25, -0.2) is 0 Å². The lowest BCUT2D eigenvalue weighted by molar-refractivity contribution is 0.297. The van der Waals surface area contributed by atoms with Gasteiger partial charge in [0, 0.05) is 5.92 Å². The lowest BCUT2D eigenvalue weighted by Gasteiger charge is -2.35. The van der Waals surface area contributed by atoms with Crippen LogP contribution in [0.5, 0.6) is 11.5 Å². The van der Waals surface area contributed by atoms with E-state index in [4.69, 9.17) is 9.47 Å². The molecule has 2 nitrogen and oxygen atoms in total. The number of fused-ring (bicyclic) bond motifs is 1. The van der Waals surface area contributed by atoms with Gasteiger partial charge in [-0.1, -0.05) is 92.7 Å². The van der Waals surface area contributed by atoms with Crippen LogP contribution in [0.15, 0.2) is 103 Å². The molecule has 0 radical (unpaired) electrons. The van der Waals surface area contributed by atoms with Crippen molar-refractivity contribution < 1.29 is 9.47 Å². The second-order valence-corrected chi connectivity index (χ2v) is 10.6. The first-order chi connectivity index (χ1) is 18.2. The van der Waals surface area contributed by atoms with Gasteiger partial charge in [-0.15, -0.1) is 0 Å². The molecular weight excluding hydrogens is 452 g/mol.